The van der Waals surface area contributed by atoms with E-state index >= 15 is 0 Å². The van der Waals surface area contributed by atoms with Crippen molar-refractivity contribution in [3.8, 4) is 11.3 Å². The van der Waals surface area contributed by atoms with Crippen LogP contribution in [-0.4, -0.2) is 4.57 Å². The third kappa shape index (κ3) is 3.04. The summed E-state index contributed by atoms with van der Waals surface area (Å²) in [6.07, 6.45) is 0. The SMILES string of the molecule is Cc1ccc(Cn2c(-c3ccccc3)ccc(Br)c2=O)cc1. The number of hydrogen-bond acceptors (Lipinski definition) is 1. The zero-order valence-electron chi connectivity index (χ0n) is 12.3. The average molecular weight is 354 g/mol. The Labute approximate surface area is 138 Å². The summed E-state index contributed by atoms with van der Waals surface area (Å²) < 4.78 is 2.39. The lowest BCUT2D eigenvalue weighted by molar-refractivity contribution is 0.764. The van der Waals surface area contributed by atoms with Crippen LogP contribution in [0.25, 0.3) is 11.3 Å². The monoisotopic (exact) mass is 353 g/mol. The molecule has 110 valence electrons. The number of rotatable bonds is 3. The van der Waals surface area contributed by atoms with Crippen LogP contribution in [0.4, 0.5) is 0 Å². The van der Waals surface area contributed by atoms with Gasteiger partial charge >= 0.3 is 0 Å². The van der Waals surface area contributed by atoms with Gasteiger partial charge in [0.1, 0.15) is 0 Å². The van der Waals surface area contributed by atoms with Crippen molar-refractivity contribution in [2.75, 3.05) is 0 Å². The number of hydrogen-bond donors (Lipinski definition) is 0. The highest BCUT2D eigenvalue weighted by Gasteiger charge is 2.09. The van der Waals surface area contributed by atoms with Crippen LogP contribution in [0.1, 0.15) is 11.1 Å². The Morgan fingerprint density at radius 2 is 1.59 bits per heavy atom. The van der Waals surface area contributed by atoms with Gasteiger partial charge < -0.3 is 4.57 Å². The summed E-state index contributed by atoms with van der Waals surface area (Å²) in [5, 5.41) is 0. The maximum Gasteiger partial charge on any atom is 0.265 e. The first-order valence-electron chi connectivity index (χ1n) is 7.15. The van der Waals surface area contributed by atoms with E-state index in [1.165, 1.54) is 5.56 Å². The van der Waals surface area contributed by atoms with Crippen molar-refractivity contribution in [1.82, 2.24) is 4.57 Å². The molecule has 3 aromatic rings. The van der Waals surface area contributed by atoms with Crippen LogP contribution in [0.15, 0.2) is 76.0 Å². The largest absolute Gasteiger partial charge is 0.303 e. The number of pyridine rings is 1. The fourth-order valence-electron chi connectivity index (χ4n) is 2.45. The molecule has 0 atom stereocenters. The molecule has 2 aromatic carbocycles. The normalized spacial score (nSPS) is 10.6. The molecule has 0 fully saturated rings. The molecule has 0 spiro atoms. The molecule has 0 aliphatic carbocycles. The van der Waals surface area contributed by atoms with Gasteiger partial charge in [0.25, 0.3) is 5.56 Å². The zero-order valence-corrected chi connectivity index (χ0v) is 13.9. The van der Waals surface area contributed by atoms with Crippen molar-refractivity contribution >= 4 is 15.9 Å². The highest BCUT2D eigenvalue weighted by atomic mass is 79.9. The van der Waals surface area contributed by atoms with Crippen molar-refractivity contribution in [2.45, 2.75) is 13.5 Å². The average Bonchev–Trinajstić information content (AvgIpc) is 2.55. The van der Waals surface area contributed by atoms with Crippen LogP contribution in [0.3, 0.4) is 0 Å². The number of aryl methyl sites for hydroxylation is 1. The summed E-state index contributed by atoms with van der Waals surface area (Å²) in [5.41, 5.74) is 4.28. The van der Waals surface area contributed by atoms with Crippen molar-refractivity contribution in [2.24, 2.45) is 0 Å². The summed E-state index contributed by atoms with van der Waals surface area (Å²) in [6, 6.07) is 22.1. The second kappa shape index (κ2) is 6.32. The zero-order chi connectivity index (χ0) is 15.5. The molecular weight excluding hydrogens is 338 g/mol. The maximum atomic E-state index is 12.6. The lowest BCUT2D eigenvalue weighted by atomic mass is 10.1. The molecule has 0 radical (unpaired) electrons. The Hall–Kier alpha value is -2.13. The molecule has 3 heteroatoms. The number of aromatic nitrogens is 1. The van der Waals surface area contributed by atoms with E-state index < -0.39 is 0 Å². The molecule has 3 rings (SSSR count). The molecule has 1 aromatic heterocycles. The van der Waals surface area contributed by atoms with E-state index in [-0.39, 0.29) is 5.56 Å². The van der Waals surface area contributed by atoms with Crippen molar-refractivity contribution < 1.29 is 0 Å². The minimum Gasteiger partial charge on any atom is -0.303 e. The van der Waals surface area contributed by atoms with Gasteiger partial charge in [0.15, 0.2) is 0 Å². The summed E-state index contributed by atoms with van der Waals surface area (Å²) in [5.74, 6) is 0. The fourth-order valence-corrected chi connectivity index (χ4v) is 2.79. The molecule has 1 heterocycles. The standard InChI is InChI=1S/C19H16BrNO/c1-14-7-9-15(10-8-14)13-21-18(12-11-17(20)19(21)22)16-5-3-2-4-6-16/h2-12H,13H2,1H3. The molecule has 0 unspecified atom stereocenters. The number of halogens is 1. The highest BCUT2D eigenvalue weighted by Crippen LogP contribution is 2.20. The molecular formula is C19H16BrNO. The number of benzene rings is 2. The second-order valence-electron chi connectivity index (χ2n) is 5.31. The molecule has 2 nitrogen and oxygen atoms in total. The van der Waals surface area contributed by atoms with E-state index in [1.807, 2.05) is 47.0 Å². The minimum atomic E-state index is -0.0121. The molecule has 0 N–H and O–H groups in total. The summed E-state index contributed by atoms with van der Waals surface area (Å²) >= 11 is 3.34. The van der Waals surface area contributed by atoms with E-state index in [0.29, 0.717) is 11.0 Å². The van der Waals surface area contributed by atoms with Crippen LogP contribution in [0.5, 0.6) is 0 Å². The van der Waals surface area contributed by atoms with Gasteiger partial charge in [0, 0.05) is 0 Å². The molecule has 0 aliphatic rings. The van der Waals surface area contributed by atoms with Crippen LogP contribution in [0.2, 0.25) is 0 Å². The first-order valence-corrected chi connectivity index (χ1v) is 7.95. The van der Waals surface area contributed by atoms with E-state index in [2.05, 4.69) is 47.1 Å². The predicted octanol–water partition coefficient (Wildman–Crippen LogP) is 4.63. The third-order valence-electron chi connectivity index (χ3n) is 3.66. The summed E-state index contributed by atoms with van der Waals surface area (Å²) in [4.78, 5) is 12.6. The van der Waals surface area contributed by atoms with Gasteiger partial charge in [-0.2, -0.15) is 0 Å². The Balaban J connectivity index is 2.11. The van der Waals surface area contributed by atoms with Crippen molar-refractivity contribution in [1.29, 1.82) is 0 Å². The Kier molecular flexibility index (Phi) is 4.25. The van der Waals surface area contributed by atoms with Gasteiger partial charge in [-0.25, -0.2) is 0 Å². The smallest absolute Gasteiger partial charge is 0.265 e. The fraction of sp³-hybridized carbons (Fsp3) is 0.105. The topological polar surface area (TPSA) is 22.0 Å². The molecule has 0 saturated heterocycles. The predicted molar refractivity (Wildman–Crippen MR) is 94.1 cm³/mol. The third-order valence-corrected chi connectivity index (χ3v) is 4.26. The first kappa shape index (κ1) is 14.8. The summed E-state index contributed by atoms with van der Waals surface area (Å²) in [6.45, 7) is 2.62. The van der Waals surface area contributed by atoms with Gasteiger partial charge in [0.05, 0.1) is 16.7 Å². The van der Waals surface area contributed by atoms with Gasteiger partial charge in [-0.1, -0.05) is 60.2 Å². The van der Waals surface area contributed by atoms with Crippen molar-refractivity contribution in [3.05, 3.63) is 92.7 Å². The first-order chi connectivity index (χ1) is 10.6. The molecule has 0 aliphatic heterocycles. The molecule has 0 amide bonds. The van der Waals surface area contributed by atoms with Gasteiger partial charge in [0.2, 0.25) is 0 Å². The van der Waals surface area contributed by atoms with Gasteiger partial charge in [-0.15, -0.1) is 0 Å². The van der Waals surface area contributed by atoms with E-state index in [0.717, 1.165) is 16.8 Å². The maximum absolute atomic E-state index is 12.6. The van der Waals surface area contributed by atoms with Gasteiger partial charge in [-0.3, -0.25) is 4.79 Å². The van der Waals surface area contributed by atoms with E-state index in [9.17, 15) is 4.79 Å². The number of nitrogens with zero attached hydrogens (tertiary/aromatic N) is 1. The quantitative estimate of drug-likeness (QED) is 0.672. The molecule has 22 heavy (non-hydrogen) atoms. The van der Waals surface area contributed by atoms with Gasteiger partial charge in [-0.05, 0) is 46.1 Å². The van der Waals surface area contributed by atoms with Crippen LogP contribution >= 0.6 is 15.9 Å². The lowest BCUT2D eigenvalue weighted by Gasteiger charge is -2.14. The highest BCUT2D eigenvalue weighted by molar-refractivity contribution is 9.10. The Morgan fingerprint density at radius 3 is 2.27 bits per heavy atom. The van der Waals surface area contributed by atoms with E-state index in [4.69, 9.17) is 0 Å². The van der Waals surface area contributed by atoms with Crippen LogP contribution < -0.4 is 5.56 Å². The minimum absolute atomic E-state index is 0.0121. The second-order valence-corrected chi connectivity index (χ2v) is 6.16. The van der Waals surface area contributed by atoms with Crippen LogP contribution in [0, 0.1) is 6.92 Å². The Morgan fingerprint density at radius 1 is 0.909 bits per heavy atom. The molecule has 0 bridgehead atoms. The lowest BCUT2D eigenvalue weighted by Crippen LogP contribution is -2.22. The van der Waals surface area contributed by atoms with Crippen LogP contribution in [-0.2, 0) is 6.54 Å². The Bertz CT molecular complexity index is 836. The van der Waals surface area contributed by atoms with E-state index in [1.54, 1.807) is 0 Å². The molecule has 0 saturated carbocycles. The van der Waals surface area contributed by atoms with Crippen molar-refractivity contribution in [3.63, 3.8) is 0 Å². The summed E-state index contributed by atoms with van der Waals surface area (Å²) in [7, 11) is 0.